The monoisotopic (exact) mass is 235 g/mol. The fourth-order valence-corrected chi connectivity index (χ4v) is 1.41. The molecule has 4 heteroatoms. The molecule has 0 aliphatic carbocycles. The molecule has 0 saturated heterocycles. The number of aliphatic carboxylic acids is 1. The SMILES string of the molecule is Cc1ccc(C(=O)CNCCC(=O)O)cc1C. The fraction of sp³-hybridized carbons (Fsp3) is 0.385. The van der Waals surface area contributed by atoms with E-state index in [1.165, 1.54) is 0 Å². The standard InChI is InChI=1S/C13H17NO3/c1-9-3-4-11(7-10(9)2)12(15)8-14-6-5-13(16)17/h3-4,7,14H,5-6,8H2,1-2H3,(H,16,17). The van der Waals surface area contributed by atoms with Crippen molar-refractivity contribution in [2.45, 2.75) is 20.3 Å². The molecule has 0 aliphatic heterocycles. The second-order valence-electron chi connectivity index (χ2n) is 4.04. The van der Waals surface area contributed by atoms with Gasteiger partial charge in [-0.15, -0.1) is 0 Å². The Hall–Kier alpha value is -1.68. The maximum absolute atomic E-state index is 11.7. The molecule has 0 spiro atoms. The molecule has 0 atom stereocenters. The normalized spacial score (nSPS) is 10.2. The van der Waals surface area contributed by atoms with Gasteiger partial charge in [-0.05, 0) is 31.0 Å². The number of benzene rings is 1. The molecule has 0 aliphatic rings. The Morgan fingerprint density at radius 3 is 2.53 bits per heavy atom. The Kier molecular flexibility index (Phi) is 4.84. The van der Waals surface area contributed by atoms with Crippen molar-refractivity contribution in [3.8, 4) is 0 Å². The topological polar surface area (TPSA) is 66.4 Å². The summed E-state index contributed by atoms with van der Waals surface area (Å²) in [7, 11) is 0. The molecular formula is C13H17NO3. The van der Waals surface area contributed by atoms with Gasteiger partial charge in [-0.3, -0.25) is 9.59 Å². The van der Waals surface area contributed by atoms with E-state index in [0.717, 1.165) is 11.1 Å². The van der Waals surface area contributed by atoms with E-state index in [9.17, 15) is 9.59 Å². The van der Waals surface area contributed by atoms with Crippen molar-refractivity contribution in [1.29, 1.82) is 0 Å². The first-order chi connectivity index (χ1) is 8.00. The number of Topliss-reactive ketones (excluding diaryl/α,β-unsaturated/α-hetero) is 1. The van der Waals surface area contributed by atoms with Gasteiger partial charge in [0.25, 0.3) is 0 Å². The van der Waals surface area contributed by atoms with Crippen molar-refractivity contribution in [3.63, 3.8) is 0 Å². The number of hydrogen-bond donors (Lipinski definition) is 2. The number of nitrogens with one attached hydrogen (secondary N) is 1. The molecule has 17 heavy (non-hydrogen) atoms. The summed E-state index contributed by atoms with van der Waals surface area (Å²) in [5, 5.41) is 11.3. The highest BCUT2D eigenvalue weighted by molar-refractivity contribution is 5.97. The van der Waals surface area contributed by atoms with Gasteiger partial charge in [-0.25, -0.2) is 0 Å². The van der Waals surface area contributed by atoms with Crippen LogP contribution in [0.15, 0.2) is 18.2 Å². The summed E-state index contributed by atoms with van der Waals surface area (Å²) < 4.78 is 0. The third-order valence-corrected chi connectivity index (χ3v) is 2.63. The van der Waals surface area contributed by atoms with E-state index >= 15 is 0 Å². The predicted molar refractivity (Wildman–Crippen MR) is 65.4 cm³/mol. The lowest BCUT2D eigenvalue weighted by atomic mass is 10.0. The summed E-state index contributed by atoms with van der Waals surface area (Å²) in [6, 6.07) is 5.57. The third kappa shape index (κ3) is 4.36. The van der Waals surface area contributed by atoms with E-state index in [0.29, 0.717) is 12.1 Å². The van der Waals surface area contributed by atoms with E-state index in [4.69, 9.17) is 5.11 Å². The zero-order valence-electron chi connectivity index (χ0n) is 10.1. The van der Waals surface area contributed by atoms with Gasteiger partial charge in [-0.1, -0.05) is 12.1 Å². The van der Waals surface area contributed by atoms with Crippen LogP contribution in [0.4, 0.5) is 0 Å². The number of carboxylic acids is 1. The smallest absolute Gasteiger partial charge is 0.304 e. The summed E-state index contributed by atoms with van der Waals surface area (Å²) >= 11 is 0. The average molecular weight is 235 g/mol. The Labute approximate surface area is 101 Å². The number of carboxylic acid groups (broad SMARTS) is 1. The molecule has 0 radical (unpaired) electrons. The minimum absolute atomic E-state index is 0.0153. The molecule has 0 fully saturated rings. The zero-order valence-corrected chi connectivity index (χ0v) is 10.1. The van der Waals surface area contributed by atoms with Gasteiger partial charge in [0, 0.05) is 12.1 Å². The first-order valence-electron chi connectivity index (χ1n) is 5.53. The number of carbonyl (C=O) groups excluding carboxylic acids is 1. The van der Waals surface area contributed by atoms with Crippen LogP contribution in [0.5, 0.6) is 0 Å². The number of hydrogen-bond acceptors (Lipinski definition) is 3. The third-order valence-electron chi connectivity index (χ3n) is 2.63. The van der Waals surface area contributed by atoms with Crippen LogP contribution in [0.3, 0.4) is 0 Å². The maximum atomic E-state index is 11.7. The first kappa shape index (κ1) is 13.4. The molecule has 1 rings (SSSR count). The summed E-state index contributed by atoms with van der Waals surface area (Å²) in [5.41, 5.74) is 2.90. The Balaban J connectivity index is 2.47. The van der Waals surface area contributed by atoms with Crippen molar-refractivity contribution in [1.82, 2.24) is 5.32 Å². The van der Waals surface area contributed by atoms with Crippen LogP contribution in [-0.2, 0) is 4.79 Å². The lowest BCUT2D eigenvalue weighted by Gasteiger charge is -2.05. The minimum atomic E-state index is -0.865. The molecule has 4 nitrogen and oxygen atoms in total. The molecule has 92 valence electrons. The number of ketones is 1. The number of carbonyl (C=O) groups is 2. The molecule has 0 unspecified atom stereocenters. The second-order valence-corrected chi connectivity index (χ2v) is 4.04. The van der Waals surface area contributed by atoms with Crippen molar-refractivity contribution in [2.24, 2.45) is 0 Å². The highest BCUT2D eigenvalue weighted by Crippen LogP contribution is 2.09. The van der Waals surface area contributed by atoms with Crippen molar-refractivity contribution < 1.29 is 14.7 Å². The van der Waals surface area contributed by atoms with E-state index < -0.39 is 5.97 Å². The summed E-state index contributed by atoms with van der Waals surface area (Å²) in [4.78, 5) is 22.0. The van der Waals surface area contributed by atoms with Crippen LogP contribution in [0.25, 0.3) is 0 Å². The maximum Gasteiger partial charge on any atom is 0.304 e. The van der Waals surface area contributed by atoms with Gasteiger partial charge in [0.15, 0.2) is 5.78 Å². The van der Waals surface area contributed by atoms with Gasteiger partial charge in [0.2, 0.25) is 0 Å². The van der Waals surface area contributed by atoms with Gasteiger partial charge >= 0.3 is 5.97 Å². The highest BCUT2D eigenvalue weighted by Gasteiger charge is 2.06. The van der Waals surface area contributed by atoms with Gasteiger partial charge < -0.3 is 10.4 Å². The lowest BCUT2D eigenvalue weighted by molar-refractivity contribution is -0.136. The molecule has 0 aromatic heterocycles. The summed E-state index contributed by atoms with van der Waals surface area (Å²) in [5.74, 6) is -0.880. The average Bonchev–Trinajstić information content (AvgIpc) is 2.27. The van der Waals surface area contributed by atoms with E-state index in [1.807, 2.05) is 26.0 Å². The van der Waals surface area contributed by atoms with Crippen LogP contribution in [0.1, 0.15) is 27.9 Å². The van der Waals surface area contributed by atoms with E-state index in [2.05, 4.69) is 5.32 Å². The summed E-state index contributed by atoms with van der Waals surface area (Å²) in [6.45, 7) is 4.44. The molecular weight excluding hydrogens is 218 g/mol. The van der Waals surface area contributed by atoms with Gasteiger partial charge in [0.1, 0.15) is 0 Å². The summed E-state index contributed by atoms with van der Waals surface area (Å²) in [6.07, 6.45) is 0.0280. The first-order valence-corrected chi connectivity index (χ1v) is 5.53. The van der Waals surface area contributed by atoms with Crippen LogP contribution in [0.2, 0.25) is 0 Å². The minimum Gasteiger partial charge on any atom is -0.481 e. The molecule has 1 aromatic rings. The van der Waals surface area contributed by atoms with Crippen LogP contribution >= 0.6 is 0 Å². The lowest BCUT2D eigenvalue weighted by Crippen LogP contribution is -2.25. The van der Waals surface area contributed by atoms with E-state index in [-0.39, 0.29) is 18.7 Å². The van der Waals surface area contributed by atoms with Crippen molar-refractivity contribution >= 4 is 11.8 Å². The fourth-order valence-electron chi connectivity index (χ4n) is 1.41. The number of rotatable bonds is 6. The Morgan fingerprint density at radius 1 is 1.24 bits per heavy atom. The molecule has 0 amide bonds. The quantitative estimate of drug-likeness (QED) is 0.580. The van der Waals surface area contributed by atoms with Crippen LogP contribution in [-0.4, -0.2) is 29.9 Å². The largest absolute Gasteiger partial charge is 0.481 e. The van der Waals surface area contributed by atoms with Crippen LogP contribution in [0, 0.1) is 13.8 Å². The van der Waals surface area contributed by atoms with Crippen molar-refractivity contribution in [3.05, 3.63) is 34.9 Å². The number of aryl methyl sites for hydroxylation is 2. The molecule has 1 aromatic carbocycles. The van der Waals surface area contributed by atoms with Crippen molar-refractivity contribution in [2.75, 3.05) is 13.1 Å². The predicted octanol–water partition coefficient (Wildman–Crippen LogP) is 1.55. The Bertz CT molecular complexity index is 427. The molecule has 0 heterocycles. The molecule has 0 saturated carbocycles. The van der Waals surface area contributed by atoms with Gasteiger partial charge in [-0.2, -0.15) is 0 Å². The highest BCUT2D eigenvalue weighted by atomic mass is 16.4. The molecule has 2 N–H and O–H groups in total. The van der Waals surface area contributed by atoms with E-state index in [1.54, 1.807) is 6.07 Å². The van der Waals surface area contributed by atoms with Crippen LogP contribution < -0.4 is 5.32 Å². The zero-order chi connectivity index (χ0) is 12.8. The second kappa shape index (κ2) is 6.15. The Morgan fingerprint density at radius 2 is 1.94 bits per heavy atom. The van der Waals surface area contributed by atoms with Gasteiger partial charge in [0.05, 0.1) is 13.0 Å². The molecule has 0 bridgehead atoms.